The van der Waals surface area contributed by atoms with Crippen LogP contribution in [0.15, 0.2) is 30.3 Å². The van der Waals surface area contributed by atoms with Crippen LogP contribution >= 0.6 is 12.2 Å². The van der Waals surface area contributed by atoms with Crippen LogP contribution in [0.2, 0.25) is 0 Å². The zero-order valence-corrected chi connectivity index (χ0v) is 12.2. The molecule has 100 valence electrons. The number of nitrogens with one attached hydrogen (secondary N) is 1. The fourth-order valence-corrected chi connectivity index (χ4v) is 3.34. The summed E-state index contributed by atoms with van der Waals surface area (Å²) in [6.45, 7) is 4.66. The highest BCUT2D eigenvalue weighted by Crippen LogP contribution is 2.44. The maximum Gasteiger partial charge on any atom is 0.195 e. The van der Waals surface area contributed by atoms with Crippen molar-refractivity contribution in [3.63, 3.8) is 0 Å². The molecule has 0 aliphatic heterocycles. The lowest BCUT2D eigenvalue weighted by molar-refractivity contribution is 0.358. The first kappa shape index (κ1) is 12.6. The summed E-state index contributed by atoms with van der Waals surface area (Å²) in [5, 5.41) is 7.38. The van der Waals surface area contributed by atoms with Crippen LogP contribution in [-0.2, 0) is 0 Å². The summed E-state index contributed by atoms with van der Waals surface area (Å²) >= 11 is 5.43. The van der Waals surface area contributed by atoms with Crippen molar-refractivity contribution in [2.24, 2.45) is 5.41 Å². The van der Waals surface area contributed by atoms with E-state index in [9.17, 15) is 0 Å². The van der Waals surface area contributed by atoms with Gasteiger partial charge in [0.05, 0.1) is 0 Å². The molecule has 0 saturated heterocycles. The van der Waals surface area contributed by atoms with E-state index in [-0.39, 0.29) is 0 Å². The molecule has 1 aliphatic carbocycles. The minimum atomic E-state index is 0.407. The number of H-pyrrole nitrogens is 1. The van der Waals surface area contributed by atoms with Crippen LogP contribution in [-0.4, -0.2) is 14.8 Å². The van der Waals surface area contributed by atoms with Crippen molar-refractivity contribution in [3.8, 4) is 11.4 Å². The van der Waals surface area contributed by atoms with Gasteiger partial charge in [-0.3, -0.25) is 9.67 Å². The Hall–Kier alpha value is -1.42. The van der Waals surface area contributed by atoms with Crippen molar-refractivity contribution in [2.45, 2.75) is 39.2 Å². The Labute approximate surface area is 118 Å². The molecule has 0 spiro atoms. The van der Waals surface area contributed by atoms with Gasteiger partial charge in [-0.15, -0.1) is 0 Å². The second-order valence-electron chi connectivity index (χ2n) is 6.15. The molecule has 0 bridgehead atoms. The van der Waals surface area contributed by atoms with Gasteiger partial charge >= 0.3 is 0 Å². The van der Waals surface area contributed by atoms with Gasteiger partial charge < -0.3 is 0 Å². The van der Waals surface area contributed by atoms with Crippen LogP contribution in [0.5, 0.6) is 0 Å². The molecule has 3 nitrogen and oxygen atoms in total. The van der Waals surface area contributed by atoms with Crippen LogP contribution in [0.1, 0.15) is 39.2 Å². The topological polar surface area (TPSA) is 33.6 Å². The summed E-state index contributed by atoms with van der Waals surface area (Å²) in [7, 11) is 0. The molecule has 4 heteroatoms. The molecule has 3 rings (SSSR count). The van der Waals surface area contributed by atoms with Crippen LogP contribution in [0, 0.1) is 10.2 Å². The van der Waals surface area contributed by atoms with Crippen molar-refractivity contribution >= 4 is 12.2 Å². The standard InChI is InChI=1S/C15H19N3S/c1-15(2)9-8-12(10-15)18-13(16-17-14(18)19)11-6-4-3-5-7-11/h3-7,12H,8-10H2,1-2H3,(H,17,19). The van der Waals surface area contributed by atoms with Gasteiger partial charge in [0.25, 0.3) is 0 Å². The van der Waals surface area contributed by atoms with E-state index in [0.717, 1.165) is 16.2 Å². The summed E-state index contributed by atoms with van der Waals surface area (Å²) in [5.74, 6) is 0.966. The normalized spacial score (nSPS) is 21.7. The van der Waals surface area contributed by atoms with Crippen molar-refractivity contribution in [1.29, 1.82) is 0 Å². The quantitative estimate of drug-likeness (QED) is 0.825. The Balaban J connectivity index is 2.03. The lowest BCUT2D eigenvalue weighted by atomic mass is 9.92. The Morgan fingerprint density at radius 2 is 2.05 bits per heavy atom. The number of rotatable bonds is 2. The molecule has 1 saturated carbocycles. The molecule has 1 unspecified atom stereocenters. The number of benzene rings is 1. The summed E-state index contributed by atoms with van der Waals surface area (Å²) in [4.78, 5) is 0. The van der Waals surface area contributed by atoms with E-state index in [2.05, 4.69) is 40.7 Å². The first-order valence-corrected chi connectivity index (χ1v) is 7.20. The third-order valence-electron chi connectivity index (χ3n) is 4.04. The Morgan fingerprint density at radius 3 is 2.68 bits per heavy atom. The number of hydrogen-bond donors (Lipinski definition) is 1. The van der Waals surface area contributed by atoms with Crippen molar-refractivity contribution in [2.75, 3.05) is 0 Å². The third kappa shape index (κ3) is 2.37. The molecule has 1 fully saturated rings. The molecule has 1 aromatic carbocycles. The predicted molar refractivity (Wildman–Crippen MR) is 79.5 cm³/mol. The predicted octanol–water partition coefficient (Wildman–Crippen LogP) is 4.36. The maximum atomic E-state index is 5.43. The Kier molecular flexibility index (Phi) is 3.05. The SMILES string of the molecule is CC1(C)CCC(n2c(-c3ccccc3)n[nH]c2=S)C1. The first-order valence-electron chi connectivity index (χ1n) is 6.79. The Morgan fingerprint density at radius 1 is 1.32 bits per heavy atom. The first-order chi connectivity index (χ1) is 9.07. The largest absolute Gasteiger partial charge is 0.297 e. The summed E-state index contributed by atoms with van der Waals surface area (Å²) < 4.78 is 2.95. The molecule has 1 aliphatic rings. The molecule has 1 heterocycles. The van der Waals surface area contributed by atoms with Crippen LogP contribution in [0.3, 0.4) is 0 Å². The maximum absolute atomic E-state index is 5.43. The van der Waals surface area contributed by atoms with Gasteiger partial charge in [0.2, 0.25) is 0 Å². The van der Waals surface area contributed by atoms with Crippen LogP contribution < -0.4 is 0 Å². The summed E-state index contributed by atoms with van der Waals surface area (Å²) in [6, 6.07) is 10.7. The number of aromatic nitrogens is 3. The second-order valence-corrected chi connectivity index (χ2v) is 6.54. The van der Waals surface area contributed by atoms with Gasteiger partial charge in [0, 0.05) is 11.6 Å². The fourth-order valence-electron chi connectivity index (χ4n) is 3.05. The van der Waals surface area contributed by atoms with Crippen molar-refractivity contribution in [3.05, 3.63) is 35.1 Å². The molecule has 0 amide bonds. The third-order valence-corrected chi connectivity index (χ3v) is 4.33. The molecule has 1 aromatic heterocycles. The van der Waals surface area contributed by atoms with E-state index >= 15 is 0 Å². The van der Waals surface area contributed by atoms with E-state index in [1.54, 1.807) is 0 Å². The smallest absolute Gasteiger partial charge is 0.195 e. The molecule has 0 radical (unpaired) electrons. The molecule has 1 atom stereocenters. The van der Waals surface area contributed by atoms with Gasteiger partial charge in [0.1, 0.15) is 0 Å². The van der Waals surface area contributed by atoms with Gasteiger partial charge in [-0.1, -0.05) is 44.2 Å². The van der Waals surface area contributed by atoms with Gasteiger partial charge in [-0.05, 0) is 36.9 Å². The second kappa shape index (κ2) is 4.60. The molecule has 19 heavy (non-hydrogen) atoms. The average Bonchev–Trinajstić information content (AvgIpc) is 2.93. The summed E-state index contributed by atoms with van der Waals surface area (Å²) in [5.41, 5.74) is 1.53. The molecular formula is C15H19N3S. The fraction of sp³-hybridized carbons (Fsp3) is 0.467. The highest BCUT2D eigenvalue weighted by molar-refractivity contribution is 7.71. The number of hydrogen-bond acceptors (Lipinski definition) is 2. The average molecular weight is 273 g/mol. The summed E-state index contributed by atoms with van der Waals surface area (Å²) in [6.07, 6.45) is 3.60. The van der Waals surface area contributed by atoms with Crippen LogP contribution in [0.25, 0.3) is 11.4 Å². The van der Waals surface area contributed by atoms with Crippen LogP contribution in [0.4, 0.5) is 0 Å². The van der Waals surface area contributed by atoms with Gasteiger partial charge in [-0.25, -0.2) is 0 Å². The molecular weight excluding hydrogens is 254 g/mol. The molecule has 1 N–H and O–H groups in total. The van der Waals surface area contributed by atoms with Gasteiger partial charge in [-0.2, -0.15) is 5.10 Å². The number of aromatic amines is 1. The van der Waals surface area contributed by atoms with E-state index in [4.69, 9.17) is 12.2 Å². The van der Waals surface area contributed by atoms with E-state index in [1.807, 2.05) is 18.2 Å². The Bertz CT molecular complexity index is 624. The monoisotopic (exact) mass is 273 g/mol. The lowest BCUT2D eigenvalue weighted by Gasteiger charge is -2.18. The minimum Gasteiger partial charge on any atom is -0.297 e. The zero-order valence-electron chi connectivity index (χ0n) is 11.4. The highest BCUT2D eigenvalue weighted by Gasteiger charge is 2.33. The highest BCUT2D eigenvalue weighted by atomic mass is 32.1. The van der Waals surface area contributed by atoms with E-state index in [1.165, 1.54) is 19.3 Å². The molecule has 2 aromatic rings. The van der Waals surface area contributed by atoms with E-state index < -0.39 is 0 Å². The minimum absolute atomic E-state index is 0.407. The van der Waals surface area contributed by atoms with Gasteiger partial charge in [0.15, 0.2) is 10.6 Å². The van der Waals surface area contributed by atoms with E-state index in [0.29, 0.717) is 11.5 Å². The number of nitrogens with zero attached hydrogens (tertiary/aromatic N) is 2. The van der Waals surface area contributed by atoms with Crippen molar-refractivity contribution < 1.29 is 0 Å². The zero-order chi connectivity index (χ0) is 13.5. The lowest BCUT2D eigenvalue weighted by Crippen LogP contribution is -2.10. The van der Waals surface area contributed by atoms with Crippen molar-refractivity contribution in [1.82, 2.24) is 14.8 Å².